The van der Waals surface area contributed by atoms with Crippen molar-refractivity contribution < 1.29 is 12.8 Å². The summed E-state index contributed by atoms with van der Waals surface area (Å²) in [6.07, 6.45) is 6.85. The van der Waals surface area contributed by atoms with Crippen LogP contribution in [-0.2, 0) is 10.0 Å². The van der Waals surface area contributed by atoms with Crippen LogP contribution in [0.2, 0.25) is 0 Å². The van der Waals surface area contributed by atoms with E-state index in [1.165, 1.54) is 0 Å². The fourth-order valence-corrected chi connectivity index (χ4v) is 3.41. The third kappa shape index (κ3) is 3.71. The van der Waals surface area contributed by atoms with Crippen molar-refractivity contribution >= 4 is 10.0 Å². The summed E-state index contributed by atoms with van der Waals surface area (Å²) >= 11 is 0. The van der Waals surface area contributed by atoms with Crippen LogP contribution >= 0.6 is 0 Å². The van der Waals surface area contributed by atoms with Crippen LogP contribution in [0, 0.1) is 5.82 Å². The fraction of sp³-hybridized carbons (Fsp3) is 0.583. The van der Waals surface area contributed by atoms with E-state index >= 15 is 0 Å². The minimum atomic E-state index is -3.75. The van der Waals surface area contributed by atoms with E-state index in [-0.39, 0.29) is 11.4 Å². The lowest BCUT2D eigenvalue weighted by Crippen LogP contribution is -2.51. The first-order valence-corrected chi connectivity index (χ1v) is 7.79. The second-order valence-electron chi connectivity index (χ2n) is 5.09. The number of pyridine rings is 1. The Hall–Kier alpha value is -1.05. The maximum absolute atomic E-state index is 13.0. The molecule has 0 atom stereocenters. The Kier molecular flexibility index (Phi) is 4.17. The summed E-state index contributed by atoms with van der Waals surface area (Å²) in [4.78, 5) is 3.36. The number of hydrogen-bond acceptors (Lipinski definition) is 4. The van der Waals surface area contributed by atoms with Crippen molar-refractivity contribution in [3.63, 3.8) is 0 Å². The van der Waals surface area contributed by atoms with Crippen molar-refractivity contribution in [1.82, 2.24) is 9.71 Å². The van der Waals surface area contributed by atoms with Gasteiger partial charge in [0.15, 0.2) is 0 Å². The normalized spacial score (nSPS) is 19.3. The maximum atomic E-state index is 13.0. The first-order valence-electron chi connectivity index (χ1n) is 6.30. The Morgan fingerprint density at radius 3 is 2.63 bits per heavy atom. The number of halogens is 1. The highest BCUT2D eigenvalue weighted by Gasteiger charge is 2.29. The first kappa shape index (κ1) is 14.4. The quantitative estimate of drug-likeness (QED) is 0.870. The molecule has 1 aliphatic rings. The molecule has 7 heteroatoms. The van der Waals surface area contributed by atoms with Gasteiger partial charge in [-0.3, -0.25) is 4.98 Å². The minimum Gasteiger partial charge on any atom is -0.324 e. The van der Waals surface area contributed by atoms with Crippen molar-refractivity contribution in [2.75, 3.05) is 6.54 Å². The Bertz CT molecular complexity index is 542. The summed E-state index contributed by atoms with van der Waals surface area (Å²) in [6, 6.07) is 0.944. The molecule has 0 spiro atoms. The lowest BCUT2D eigenvalue weighted by Gasteiger charge is -2.33. The van der Waals surface area contributed by atoms with Crippen LogP contribution in [0.25, 0.3) is 0 Å². The van der Waals surface area contributed by atoms with Gasteiger partial charge in [0.2, 0.25) is 10.0 Å². The zero-order valence-corrected chi connectivity index (χ0v) is 11.4. The SMILES string of the molecule is NC1(CNS(=O)(=O)c2cncc(F)c2)CCCCC1. The predicted octanol–water partition coefficient (Wildman–Crippen LogP) is 1.16. The molecule has 0 unspecified atom stereocenters. The molecule has 1 fully saturated rings. The Labute approximate surface area is 112 Å². The average Bonchev–Trinajstić information content (AvgIpc) is 2.38. The van der Waals surface area contributed by atoms with Crippen LogP contribution in [-0.4, -0.2) is 25.5 Å². The monoisotopic (exact) mass is 287 g/mol. The average molecular weight is 287 g/mol. The largest absolute Gasteiger partial charge is 0.324 e. The molecule has 0 aromatic carbocycles. The molecule has 0 saturated heterocycles. The number of nitrogens with zero attached hydrogens (tertiary/aromatic N) is 1. The molecule has 106 valence electrons. The maximum Gasteiger partial charge on any atom is 0.242 e. The van der Waals surface area contributed by atoms with Gasteiger partial charge in [0, 0.05) is 18.3 Å². The van der Waals surface area contributed by atoms with Crippen molar-refractivity contribution in [1.29, 1.82) is 0 Å². The van der Waals surface area contributed by atoms with E-state index in [9.17, 15) is 12.8 Å². The van der Waals surface area contributed by atoms with Crippen LogP contribution in [0.15, 0.2) is 23.4 Å². The molecular formula is C12H18FN3O2S. The molecule has 3 N–H and O–H groups in total. The second-order valence-corrected chi connectivity index (χ2v) is 6.85. The molecule has 1 saturated carbocycles. The molecule has 19 heavy (non-hydrogen) atoms. The third-order valence-corrected chi connectivity index (χ3v) is 4.82. The van der Waals surface area contributed by atoms with E-state index in [1.807, 2.05) is 0 Å². The van der Waals surface area contributed by atoms with Gasteiger partial charge >= 0.3 is 0 Å². The van der Waals surface area contributed by atoms with E-state index in [2.05, 4.69) is 9.71 Å². The number of nitrogens with two attached hydrogens (primary N) is 1. The molecule has 1 aliphatic carbocycles. The minimum absolute atomic E-state index is 0.172. The van der Waals surface area contributed by atoms with Gasteiger partial charge in [-0.15, -0.1) is 0 Å². The van der Waals surface area contributed by atoms with E-state index in [0.29, 0.717) is 0 Å². The summed E-state index contributed by atoms with van der Waals surface area (Å²) < 4.78 is 39.4. The molecule has 1 aromatic heterocycles. The molecular weight excluding hydrogens is 269 g/mol. The number of rotatable bonds is 4. The lowest BCUT2D eigenvalue weighted by atomic mass is 9.83. The summed E-state index contributed by atoms with van der Waals surface area (Å²) in [5.41, 5.74) is 5.66. The number of sulfonamides is 1. The van der Waals surface area contributed by atoms with Crippen molar-refractivity contribution in [3.8, 4) is 0 Å². The molecule has 5 nitrogen and oxygen atoms in total. The van der Waals surface area contributed by atoms with Gasteiger partial charge in [0.05, 0.1) is 6.20 Å². The van der Waals surface area contributed by atoms with Gasteiger partial charge in [-0.25, -0.2) is 17.5 Å². The number of hydrogen-bond donors (Lipinski definition) is 2. The molecule has 1 heterocycles. The smallest absolute Gasteiger partial charge is 0.242 e. The predicted molar refractivity (Wildman–Crippen MR) is 69.4 cm³/mol. The van der Waals surface area contributed by atoms with Crippen LogP contribution in [0.1, 0.15) is 32.1 Å². The van der Waals surface area contributed by atoms with E-state index < -0.39 is 21.4 Å². The molecule has 0 bridgehead atoms. The van der Waals surface area contributed by atoms with Crippen molar-refractivity contribution in [3.05, 3.63) is 24.3 Å². The van der Waals surface area contributed by atoms with Crippen LogP contribution in [0.3, 0.4) is 0 Å². The third-order valence-electron chi connectivity index (χ3n) is 3.45. The van der Waals surface area contributed by atoms with Gasteiger partial charge in [-0.1, -0.05) is 19.3 Å². The topological polar surface area (TPSA) is 85.1 Å². The van der Waals surface area contributed by atoms with Crippen LogP contribution < -0.4 is 10.5 Å². The number of aromatic nitrogens is 1. The highest BCUT2D eigenvalue weighted by Crippen LogP contribution is 2.25. The van der Waals surface area contributed by atoms with Gasteiger partial charge < -0.3 is 5.73 Å². The molecule has 2 rings (SSSR count). The van der Waals surface area contributed by atoms with E-state index in [0.717, 1.165) is 50.6 Å². The summed E-state index contributed by atoms with van der Waals surface area (Å²) in [7, 11) is -3.75. The fourth-order valence-electron chi connectivity index (χ4n) is 2.29. The van der Waals surface area contributed by atoms with Gasteiger partial charge in [0.25, 0.3) is 0 Å². The van der Waals surface area contributed by atoms with Gasteiger partial charge in [-0.05, 0) is 18.9 Å². The molecule has 0 radical (unpaired) electrons. The molecule has 1 aromatic rings. The number of nitrogens with one attached hydrogen (secondary N) is 1. The van der Waals surface area contributed by atoms with Crippen molar-refractivity contribution in [2.45, 2.75) is 42.5 Å². The summed E-state index contributed by atoms with van der Waals surface area (Å²) in [6.45, 7) is 0.172. The Balaban J connectivity index is 2.05. The Morgan fingerprint density at radius 2 is 2.00 bits per heavy atom. The zero-order chi connectivity index (χ0) is 13.9. The standard InChI is InChI=1S/C12H18FN3O2S/c13-10-6-11(8-15-7-10)19(17,18)16-9-12(14)4-2-1-3-5-12/h6-8,16H,1-5,9,14H2. The summed E-state index contributed by atoms with van der Waals surface area (Å²) in [5.74, 6) is -0.678. The molecule has 0 amide bonds. The van der Waals surface area contributed by atoms with Crippen LogP contribution in [0.5, 0.6) is 0 Å². The van der Waals surface area contributed by atoms with Crippen LogP contribution in [0.4, 0.5) is 4.39 Å². The van der Waals surface area contributed by atoms with E-state index in [1.54, 1.807) is 0 Å². The highest BCUT2D eigenvalue weighted by atomic mass is 32.2. The highest BCUT2D eigenvalue weighted by molar-refractivity contribution is 7.89. The van der Waals surface area contributed by atoms with Crippen molar-refractivity contribution in [2.24, 2.45) is 5.73 Å². The zero-order valence-electron chi connectivity index (χ0n) is 10.6. The van der Waals surface area contributed by atoms with Gasteiger partial charge in [0.1, 0.15) is 10.7 Å². The molecule has 0 aliphatic heterocycles. The Morgan fingerprint density at radius 1 is 1.32 bits per heavy atom. The van der Waals surface area contributed by atoms with Gasteiger partial charge in [-0.2, -0.15) is 0 Å². The van der Waals surface area contributed by atoms with E-state index in [4.69, 9.17) is 5.73 Å². The second kappa shape index (κ2) is 5.52. The summed E-state index contributed by atoms with van der Waals surface area (Å²) in [5, 5.41) is 0. The lowest BCUT2D eigenvalue weighted by molar-refractivity contribution is 0.296. The first-order chi connectivity index (χ1) is 8.91.